The molecule has 1 unspecified atom stereocenters. The summed E-state index contributed by atoms with van der Waals surface area (Å²) in [5.41, 5.74) is -0.309. The van der Waals surface area contributed by atoms with Crippen molar-refractivity contribution in [2.24, 2.45) is 0 Å². The topological polar surface area (TPSA) is 35.5 Å². The molecular weight excluding hydrogens is 264 g/mol. The van der Waals surface area contributed by atoms with Crippen molar-refractivity contribution in [3.05, 3.63) is 28.8 Å². The van der Waals surface area contributed by atoms with Crippen LogP contribution in [0.4, 0.5) is 0 Å². The van der Waals surface area contributed by atoms with Crippen molar-refractivity contribution in [1.82, 2.24) is 0 Å². The van der Waals surface area contributed by atoms with E-state index in [-0.39, 0.29) is 11.4 Å². The van der Waals surface area contributed by atoms with Crippen LogP contribution in [-0.2, 0) is 4.74 Å². The lowest BCUT2D eigenvalue weighted by Gasteiger charge is -2.39. The van der Waals surface area contributed by atoms with Gasteiger partial charge < -0.3 is 9.47 Å². The lowest BCUT2D eigenvalue weighted by molar-refractivity contribution is -0.0501. The number of halogens is 1. The molecule has 1 heterocycles. The van der Waals surface area contributed by atoms with Gasteiger partial charge in [0.2, 0.25) is 0 Å². The van der Waals surface area contributed by atoms with E-state index in [0.29, 0.717) is 29.2 Å². The summed E-state index contributed by atoms with van der Waals surface area (Å²) in [6.07, 6.45) is 0.984. The number of carbonyl (C=O) groups excluding carboxylic acids is 1. The van der Waals surface area contributed by atoms with Gasteiger partial charge in [-0.05, 0) is 39.0 Å². The zero-order valence-electron chi connectivity index (χ0n) is 11.7. The van der Waals surface area contributed by atoms with Crippen LogP contribution in [0.2, 0.25) is 5.02 Å². The van der Waals surface area contributed by atoms with E-state index < -0.39 is 5.60 Å². The summed E-state index contributed by atoms with van der Waals surface area (Å²) in [5, 5.41) is 0.552. The van der Waals surface area contributed by atoms with Gasteiger partial charge in [0.15, 0.2) is 5.78 Å². The second kappa shape index (κ2) is 4.80. The molecule has 1 aliphatic heterocycles. The molecule has 3 nitrogen and oxygen atoms in total. The molecule has 0 aromatic heterocycles. The Balaban J connectivity index is 2.30. The molecule has 0 radical (unpaired) electrons. The average molecular weight is 283 g/mol. The highest BCUT2D eigenvalue weighted by Crippen LogP contribution is 2.39. The van der Waals surface area contributed by atoms with E-state index in [1.807, 2.05) is 20.8 Å². The van der Waals surface area contributed by atoms with Gasteiger partial charge in [-0.3, -0.25) is 4.79 Å². The van der Waals surface area contributed by atoms with Crippen LogP contribution in [0.5, 0.6) is 5.75 Å². The number of benzene rings is 1. The monoisotopic (exact) mass is 282 g/mol. The van der Waals surface area contributed by atoms with Gasteiger partial charge >= 0.3 is 0 Å². The summed E-state index contributed by atoms with van der Waals surface area (Å²) in [4.78, 5) is 12.2. The lowest BCUT2D eigenvalue weighted by Crippen LogP contribution is -2.45. The largest absolute Gasteiger partial charge is 0.486 e. The molecule has 104 valence electrons. The van der Waals surface area contributed by atoms with Crippen LogP contribution in [0.25, 0.3) is 0 Å². The minimum absolute atomic E-state index is 0.0677. The third kappa shape index (κ3) is 3.10. The number of Topliss-reactive ketones (excluding diaryl/α,β-unsaturated/α-hetero) is 1. The van der Waals surface area contributed by atoms with Crippen molar-refractivity contribution in [1.29, 1.82) is 0 Å². The van der Waals surface area contributed by atoms with E-state index in [2.05, 4.69) is 0 Å². The Morgan fingerprint density at radius 2 is 2.16 bits per heavy atom. The van der Waals surface area contributed by atoms with Crippen molar-refractivity contribution in [2.45, 2.75) is 44.8 Å². The predicted molar refractivity (Wildman–Crippen MR) is 75.1 cm³/mol. The molecule has 1 aromatic carbocycles. The van der Waals surface area contributed by atoms with Crippen molar-refractivity contribution < 1.29 is 14.3 Å². The van der Waals surface area contributed by atoms with Crippen LogP contribution >= 0.6 is 11.6 Å². The van der Waals surface area contributed by atoms with Gasteiger partial charge in [-0.2, -0.15) is 0 Å². The van der Waals surface area contributed by atoms with E-state index in [4.69, 9.17) is 21.1 Å². The molecule has 2 rings (SSSR count). The number of ketones is 1. The van der Waals surface area contributed by atoms with Crippen LogP contribution in [0.3, 0.4) is 0 Å². The Kier molecular flexibility index (Phi) is 3.63. The fourth-order valence-corrected chi connectivity index (χ4v) is 2.79. The molecule has 4 heteroatoms. The Hall–Kier alpha value is -1.06. The molecule has 1 aromatic rings. The van der Waals surface area contributed by atoms with E-state index in [1.54, 1.807) is 25.3 Å². The van der Waals surface area contributed by atoms with E-state index >= 15 is 0 Å². The van der Waals surface area contributed by atoms with E-state index in [0.717, 1.165) is 0 Å². The van der Waals surface area contributed by atoms with Crippen molar-refractivity contribution >= 4 is 17.4 Å². The molecule has 0 N–H and O–H groups in total. The number of ether oxygens (including phenoxy) is 2. The van der Waals surface area contributed by atoms with Gasteiger partial charge in [0.25, 0.3) is 0 Å². The first-order valence-corrected chi connectivity index (χ1v) is 6.69. The van der Waals surface area contributed by atoms with Crippen LogP contribution in [-0.4, -0.2) is 24.1 Å². The zero-order chi connectivity index (χ0) is 14.3. The maximum Gasteiger partial charge on any atom is 0.170 e. The first kappa shape index (κ1) is 14.4. The quantitative estimate of drug-likeness (QED) is 0.844. The normalized spacial score (nSPS) is 22.9. The smallest absolute Gasteiger partial charge is 0.170 e. The number of hydrogen-bond acceptors (Lipinski definition) is 3. The average Bonchev–Trinajstić information content (AvgIpc) is 2.29. The van der Waals surface area contributed by atoms with Crippen molar-refractivity contribution in [2.75, 3.05) is 7.11 Å². The predicted octanol–water partition coefficient (Wildman–Crippen LogP) is 3.88. The lowest BCUT2D eigenvalue weighted by atomic mass is 9.83. The molecule has 1 atom stereocenters. The van der Waals surface area contributed by atoms with Gasteiger partial charge in [0.05, 0.1) is 17.6 Å². The van der Waals surface area contributed by atoms with Crippen LogP contribution < -0.4 is 4.74 Å². The SMILES string of the molecule is COC(C)(C)CC1(C)CC(=O)c2cc(Cl)ccc2O1. The summed E-state index contributed by atoms with van der Waals surface area (Å²) in [6, 6.07) is 5.16. The highest BCUT2D eigenvalue weighted by atomic mass is 35.5. The van der Waals surface area contributed by atoms with E-state index in [9.17, 15) is 4.79 Å². The third-order valence-corrected chi connectivity index (χ3v) is 3.72. The maximum atomic E-state index is 12.2. The van der Waals surface area contributed by atoms with Crippen molar-refractivity contribution in [3.8, 4) is 5.75 Å². The van der Waals surface area contributed by atoms with Crippen LogP contribution in [0.1, 0.15) is 44.0 Å². The first-order chi connectivity index (χ1) is 8.75. The van der Waals surface area contributed by atoms with Crippen LogP contribution in [0, 0.1) is 0 Å². The molecule has 0 amide bonds. The minimum atomic E-state index is -0.544. The molecule has 0 aliphatic carbocycles. The molecule has 0 bridgehead atoms. The number of methoxy groups -OCH3 is 1. The van der Waals surface area contributed by atoms with Gasteiger partial charge in [-0.15, -0.1) is 0 Å². The molecule has 0 spiro atoms. The van der Waals surface area contributed by atoms with Gasteiger partial charge in [0, 0.05) is 18.6 Å². The fraction of sp³-hybridized carbons (Fsp3) is 0.533. The third-order valence-electron chi connectivity index (χ3n) is 3.49. The molecule has 1 aliphatic rings. The summed E-state index contributed by atoms with van der Waals surface area (Å²) in [7, 11) is 1.67. The molecule has 19 heavy (non-hydrogen) atoms. The number of rotatable bonds is 3. The maximum absolute atomic E-state index is 12.2. The summed E-state index contributed by atoms with van der Waals surface area (Å²) in [6.45, 7) is 5.93. The Morgan fingerprint density at radius 3 is 2.79 bits per heavy atom. The summed E-state index contributed by atoms with van der Waals surface area (Å²) < 4.78 is 11.5. The number of hydrogen-bond donors (Lipinski definition) is 0. The summed E-state index contributed by atoms with van der Waals surface area (Å²) in [5.74, 6) is 0.674. The molecule has 0 saturated heterocycles. The van der Waals surface area contributed by atoms with Gasteiger partial charge in [-0.25, -0.2) is 0 Å². The fourth-order valence-electron chi connectivity index (χ4n) is 2.62. The van der Waals surface area contributed by atoms with Crippen molar-refractivity contribution in [3.63, 3.8) is 0 Å². The second-order valence-electron chi connectivity index (χ2n) is 5.93. The molecule has 0 fully saturated rings. The minimum Gasteiger partial charge on any atom is -0.486 e. The Morgan fingerprint density at radius 1 is 1.47 bits per heavy atom. The van der Waals surface area contributed by atoms with Gasteiger partial charge in [-0.1, -0.05) is 11.6 Å². The standard InChI is InChI=1S/C15H19ClO3/c1-14(2,18-4)9-15(3)8-12(17)11-7-10(16)5-6-13(11)19-15/h5-7H,8-9H2,1-4H3. The first-order valence-electron chi connectivity index (χ1n) is 6.32. The van der Waals surface area contributed by atoms with Gasteiger partial charge in [0.1, 0.15) is 11.4 Å². The zero-order valence-corrected chi connectivity index (χ0v) is 12.5. The number of fused-ring (bicyclic) bond motifs is 1. The highest BCUT2D eigenvalue weighted by Gasteiger charge is 2.40. The Bertz CT molecular complexity index is 510. The molecular formula is C15H19ClO3. The number of carbonyl (C=O) groups is 1. The summed E-state index contributed by atoms with van der Waals surface area (Å²) >= 11 is 5.91. The van der Waals surface area contributed by atoms with E-state index in [1.165, 1.54) is 0 Å². The van der Waals surface area contributed by atoms with Crippen LogP contribution in [0.15, 0.2) is 18.2 Å². The Labute approximate surface area is 118 Å². The molecule has 0 saturated carbocycles. The highest BCUT2D eigenvalue weighted by molar-refractivity contribution is 6.31. The second-order valence-corrected chi connectivity index (χ2v) is 6.37.